The van der Waals surface area contributed by atoms with E-state index in [1.165, 1.54) is 0 Å². The van der Waals surface area contributed by atoms with Gasteiger partial charge in [0.15, 0.2) is 0 Å². The van der Waals surface area contributed by atoms with Crippen molar-refractivity contribution in [2.75, 3.05) is 6.54 Å². The Morgan fingerprint density at radius 3 is 2.62 bits per heavy atom. The maximum absolute atomic E-state index is 11.1. The number of hydrogen-bond donors (Lipinski definition) is 2. The summed E-state index contributed by atoms with van der Waals surface area (Å²) < 4.78 is 0. The van der Waals surface area contributed by atoms with Crippen LogP contribution in [0.1, 0.15) is 32.6 Å². The van der Waals surface area contributed by atoms with E-state index in [1.54, 1.807) is 0 Å². The van der Waals surface area contributed by atoms with E-state index in [0.717, 1.165) is 25.7 Å². The van der Waals surface area contributed by atoms with Crippen LogP contribution >= 0.6 is 0 Å². The molecule has 0 bridgehead atoms. The van der Waals surface area contributed by atoms with Crippen molar-refractivity contribution in [1.82, 2.24) is 10.6 Å². The van der Waals surface area contributed by atoms with E-state index in [-0.39, 0.29) is 17.9 Å². The average Bonchev–Trinajstić information content (AvgIpc) is 2.86. The molecule has 1 rings (SSSR count). The van der Waals surface area contributed by atoms with Gasteiger partial charge in [-0.05, 0) is 19.3 Å². The van der Waals surface area contributed by atoms with Crippen molar-refractivity contribution in [3.05, 3.63) is 0 Å². The number of imide groups is 1. The predicted octanol–water partition coefficient (Wildman–Crippen LogP) is 1.02. The molecular weight excluding hydrogens is 168 g/mol. The SMILES string of the molecule is CCCCNC(=O)NC(=O)C1CC1. The van der Waals surface area contributed by atoms with Gasteiger partial charge in [0.25, 0.3) is 0 Å². The molecule has 0 aromatic carbocycles. The molecule has 0 spiro atoms. The van der Waals surface area contributed by atoms with Gasteiger partial charge in [0.05, 0.1) is 0 Å². The lowest BCUT2D eigenvalue weighted by Gasteiger charge is -2.04. The summed E-state index contributed by atoms with van der Waals surface area (Å²) in [5.41, 5.74) is 0. The second-order valence-corrected chi connectivity index (χ2v) is 3.37. The van der Waals surface area contributed by atoms with E-state index in [0.29, 0.717) is 6.54 Å². The Bertz CT molecular complexity index is 200. The van der Waals surface area contributed by atoms with Gasteiger partial charge in [0.2, 0.25) is 5.91 Å². The summed E-state index contributed by atoms with van der Waals surface area (Å²) in [6, 6.07) is -0.356. The Morgan fingerprint density at radius 2 is 2.08 bits per heavy atom. The van der Waals surface area contributed by atoms with Crippen molar-refractivity contribution < 1.29 is 9.59 Å². The largest absolute Gasteiger partial charge is 0.338 e. The second-order valence-electron chi connectivity index (χ2n) is 3.37. The van der Waals surface area contributed by atoms with Gasteiger partial charge >= 0.3 is 6.03 Å². The third-order valence-electron chi connectivity index (χ3n) is 2.00. The quantitative estimate of drug-likeness (QED) is 0.641. The van der Waals surface area contributed by atoms with E-state index < -0.39 is 0 Å². The summed E-state index contributed by atoms with van der Waals surface area (Å²) in [5, 5.41) is 4.94. The van der Waals surface area contributed by atoms with Crippen LogP contribution in [0, 0.1) is 5.92 Å². The van der Waals surface area contributed by atoms with Gasteiger partial charge in [-0.25, -0.2) is 4.79 Å². The highest BCUT2D eigenvalue weighted by atomic mass is 16.2. The standard InChI is InChI=1S/C9H16N2O2/c1-2-3-6-10-9(13)11-8(12)7-4-5-7/h7H,2-6H2,1H3,(H2,10,11,12,13). The number of nitrogens with one attached hydrogen (secondary N) is 2. The first kappa shape index (κ1) is 10.0. The molecule has 3 amide bonds. The Labute approximate surface area is 78.1 Å². The molecule has 0 aromatic heterocycles. The molecule has 0 atom stereocenters. The van der Waals surface area contributed by atoms with E-state index >= 15 is 0 Å². The van der Waals surface area contributed by atoms with Crippen LogP contribution < -0.4 is 10.6 Å². The van der Waals surface area contributed by atoms with Crippen molar-refractivity contribution in [2.24, 2.45) is 5.92 Å². The molecule has 0 aliphatic heterocycles. The summed E-state index contributed by atoms with van der Waals surface area (Å²) in [4.78, 5) is 22.1. The molecule has 74 valence electrons. The molecular formula is C9H16N2O2. The van der Waals surface area contributed by atoms with Crippen molar-refractivity contribution >= 4 is 11.9 Å². The summed E-state index contributed by atoms with van der Waals surface area (Å²) in [7, 11) is 0. The van der Waals surface area contributed by atoms with Gasteiger partial charge in [0.1, 0.15) is 0 Å². The Balaban J connectivity index is 2.06. The van der Waals surface area contributed by atoms with Crippen LogP contribution in [-0.2, 0) is 4.79 Å². The zero-order valence-corrected chi connectivity index (χ0v) is 7.93. The number of carbonyl (C=O) groups excluding carboxylic acids is 2. The fraction of sp³-hybridized carbons (Fsp3) is 0.778. The van der Waals surface area contributed by atoms with Crippen molar-refractivity contribution in [1.29, 1.82) is 0 Å². The van der Waals surface area contributed by atoms with Crippen LogP contribution in [0.5, 0.6) is 0 Å². The highest BCUT2D eigenvalue weighted by Gasteiger charge is 2.30. The van der Waals surface area contributed by atoms with Crippen LogP contribution in [0.2, 0.25) is 0 Å². The van der Waals surface area contributed by atoms with Crippen molar-refractivity contribution in [3.8, 4) is 0 Å². The van der Waals surface area contributed by atoms with E-state index in [4.69, 9.17) is 0 Å². The summed E-state index contributed by atoms with van der Waals surface area (Å²) in [5.74, 6) is -0.0362. The molecule has 1 fully saturated rings. The molecule has 1 aliphatic carbocycles. The molecule has 1 saturated carbocycles. The van der Waals surface area contributed by atoms with Crippen molar-refractivity contribution in [2.45, 2.75) is 32.6 Å². The van der Waals surface area contributed by atoms with Crippen LogP contribution in [-0.4, -0.2) is 18.5 Å². The van der Waals surface area contributed by atoms with Gasteiger partial charge in [-0.1, -0.05) is 13.3 Å². The molecule has 1 aliphatic rings. The van der Waals surface area contributed by atoms with Crippen LogP contribution in [0.15, 0.2) is 0 Å². The molecule has 0 aromatic rings. The minimum absolute atomic E-state index is 0.0944. The number of unbranched alkanes of at least 4 members (excludes halogenated alkanes) is 1. The van der Waals surface area contributed by atoms with Gasteiger partial charge in [-0.2, -0.15) is 0 Å². The number of amides is 3. The average molecular weight is 184 g/mol. The number of rotatable bonds is 4. The Hall–Kier alpha value is -1.06. The number of urea groups is 1. The van der Waals surface area contributed by atoms with Crippen LogP contribution in [0.4, 0.5) is 4.79 Å². The van der Waals surface area contributed by atoms with E-state index in [2.05, 4.69) is 17.6 Å². The fourth-order valence-corrected chi connectivity index (χ4v) is 0.982. The van der Waals surface area contributed by atoms with Gasteiger partial charge < -0.3 is 5.32 Å². The molecule has 0 heterocycles. The third-order valence-corrected chi connectivity index (χ3v) is 2.00. The highest BCUT2D eigenvalue weighted by Crippen LogP contribution is 2.28. The monoisotopic (exact) mass is 184 g/mol. The highest BCUT2D eigenvalue weighted by molar-refractivity contribution is 5.96. The fourth-order valence-electron chi connectivity index (χ4n) is 0.982. The smallest absolute Gasteiger partial charge is 0.321 e. The normalized spacial score (nSPS) is 15.2. The lowest BCUT2D eigenvalue weighted by molar-refractivity contribution is -0.121. The molecule has 0 unspecified atom stereocenters. The first-order chi connectivity index (χ1) is 6.24. The van der Waals surface area contributed by atoms with Gasteiger partial charge in [-0.3, -0.25) is 10.1 Å². The van der Waals surface area contributed by atoms with Crippen molar-refractivity contribution in [3.63, 3.8) is 0 Å². The topological polar surface area (TPSA) is 58.2 Å². The second kappa shape index (κ2) is 4.84. The summed E-state index contributed by atoms with van der Waals surface area (Å²) >= 11 is 0. The zero-order chi connectivity index (χ0) is 9.68. The first-order valence-corrected chi connectivity index (χ1v) is 4.82. The number of carbonyl (C=O) groups is 2. The predicted molar refractivity (Wildman–Crippen MR) is 49.2 cm³/mol. The van der Waals surface area contributed by atoms with E-state index in [1.807, 2.05) is 0 Å². The molecule has 13 heavy (non-hydrogen) atoms. The Kier molecular flexibility index (Phi) is 3.73. The lowest BCUT2D eigenvalue weighted by Crippen LogP contribution is -2.40. The molecule has 4 nitrogen and oxygen atoms in total. The first-order valence-electron chi connectivity index (χ1n) is 4.82. The van der Waals surface area contributed by atoms with Crippen LogP contribution in [0.25, 0.3) is 0 Å². The Morgan fingerprint density at radius 1 is 1.38 bits per heavy atom. The summed E-state index contributed by atoms with van der Waals surface area (Å²) in [6.07, 6.45) is 3.84. The maximum atomic E-state index is 11.1. The molecule has 2 N–H and O–H groups in total. The third kappa shape index (κ3) is 3.92. The van der Waals surface area contributed by atoms with Gasteiger partial charge in [-0.15, -0.1) is 0 Å². The lowest BCUT2D eigenvalue weighted by atomic mass is 10.3. The molecule has 0 radical (unpaired) electrons. The summed E-state index contributed by atoms with van der Waals surface area (Å²) in [6.45, 7) is 2.69. The molecule has 4 heteroatoms. The minimum atomic E-state index is -0.356. The zero-order valence-electron chi connectivity index (χ0n) is 7.93. The van der Waals surface area contributed by atoms with Crippen LogP contribution in [0.3, 0.4) is 0 Å². The van der Waals surface area contributed by atoms with E-state index in [9.17, 15) is 9.59 Å². The molecule has 0 saturated heterocycles. The maximum Gasteiger partial charge on any atom is 0.321 e. The number of hydrogen-bond acceptors (Lipinski definition) is 2. The van der Waals surface area contributed by atoms with Gasteiger partial charge in [0, 0.05) is 12.5 Å². The minimum Gasteiger partial charge on any atom is -0.338 e.